The quantitative estimate of drug-likeness (QED) is 0.877. The van der Waals surface area contributed by atoms with Crippen LogP contribution in [0.1, 0.15) is 5.56 Å². The highest BCUT2D eigenvalue weighted by molar-refractivity contribution is 6.33. The molecule has 100 valence electrons. The number of anilines is 1. The highest BCUT2D eigenvalue weighted by Crippen LogP contribution is 2.19. The largest absolute Gasteiger partial charge is 0.324 e. The zero-order valence-corrected chi connectivity index (χ0v) is 11.3. The number of aryl methyl sites for hydroxylation is 1. The van der Waals surface area contributed by atoms with Gasteiger partial charge in [-0.05, 0) is 12.1 Å². The van der Waals surface area contributed by atoms with Crippen LogP contribution in [-0.2, 0) is 18.4 Å². The van der Waals surface area contributed by atoms with Crippen molar-refractivity contribution in [3.8, 4) is 0 Å². The Balaban J connectivity index is 1.77. The molecule has 1 amide bonds. The van der Waals surface area contributed by atoms with Crippen molar-refractivity contribution in [3.63, 3.8) is 0 Å². The molecule has 5 nitrogen and oxygen atoms in total. The summed E-state index contributed by atoms with van der Waals surface area (Å²) in [5.74, 6) is -0.128. The van der Waals surface area contributed by atoms with Gasteiger partial charge in [-0.15, -0.1) is 0 Å². The maximum absolute atomic E-state index is 11.7. The van der Waals surface area contributed by atoms with E-state index in [2.05, 4.69) is 15.7 Å². The molecule has 0 fully saturated rings. The van der Waals surface area contributed by atoms with E-state index in [1.807, 2.05) is 25.4 Å². The Morgan fingerprint density at radius 3 is 2.89 bits per heavy atom. The first-order valence-electron chi connectivity index (χ1n) is 5.88. The lowest BCUT2D eigenvalue weighted by Gasteiger charge is -2.07. The molecule has 19 heavy (non-hydrogen) atoms. The summed E-state index contributed by atoms with van der Waals surface area (Å²) in [7, 11) is 1.85. The number of para-hydroxylation sites is 1. The third-order valence-electron chi connectivity index (χ3n) is 2.52. The van der Waals surface area contributed by atoms with Crippen LogP contribution in [0.25, 0.3) is 0 Å². The molecule has 0 unspecified atom stereocenters. The fourth-order valence-electron chi connectivity index (χ4n) is 1.64. The average molecular weight is 279 g/mol. The monoisotopic (exact) mass is 278 g/mol. The Kier molecular flexibility index (Phi) is 4.54. The van der Waals surface area contributed by atoms with E-state index in [4.69, 9.17) is 11.6 Å². The Morgan fingerprint density at radius 1 is 1.42 bits per heavy atom. The molecule has 2 rings (SSSR count). The van der Waals surface area contributed by atoms with Crippen molar-refractivity contribution < 1.29 is 4.79 Å². The highest BCUT2D eigenvalue weighted by Gasteiger charge is 2.05. The maximum Gasteiger partial charge on any atom is 0.238 e. The SMILES string of the molecule is Cn1cc(CNCC(=O)Nc2ccccc2Cl)cn1. The number of halogens is 1. The van der Waals surface area contributed by atoms with Crippen molar-refractivity contribution in [2.75, 3.05) is 11.9 Å². The van der Waals surface area contributed by atoms with Crippen LogP contribution in [0, 0.1) is 0 Å². The predicted octanol–water partition coefficient (Wildman–Crippen LogP) is 1.80. The summed E-state index contributed by atoms with van der Waals surface area (Å²) in [5, 5.41) is 10.4. The fraction of sp³-hybridized carbons (Fsp3) is 0.231. The normalized spacial score (nSPS) is 10.4. The van der Waals surface area contributed by atoms with Crippen LogP contribution in [0.4, 0.5) is 5.69 Å². The van der Waals surface area contributed by atoms with Crippen molar-refractivity contribution in [2.24, 2.45) is 7.05 Å². The molecule has 1 heterocycles. The van der Waals surface area contributed by atoms with Gasteiger partial charge in [0.2, 0.25) is 5.91 Å². The van der Waals surface area contributed by atoms with Gasteiger partial charge < -0.3 is 10.6 Å². The molecule has 6 heteroatoms. The summed E-state index contributed by atoms with van der Waals surface area (Å²) >= 11 is 5.95. The molecule has 0 spiro atoms. The van der Waals surface area contributed by atoms with Gasteiger partial charge in [-0.1, -0.05) is 23.7 Å². The van der Waals surface area contributed by atoms with Crippen LogP contribution in [0.5, 0.6) is 0 Å². The van der Waals surface area contributed by atoms with Gasteiger partial charge in [0.25, 0.3) is 0 Å². The van der Waals surface area contributed by atoms with E-state index < -0.39 is 0 Å². The third kappa shape index (κ3) is 4.08. The molecule has 0 aliphatic heterocycles. The van der Waals surface area contributed by atoms with Crippen molar-refractivity contribution in [3.05, 3.63) is 47.2 Å². The number of carbonyl (C=O) groups excluding carboxylic acids is 1. The van der Waals surface area contributed by atoms with Crippen LogP contribution in [-0.4, -0.2) is 22.2 Å². The molecule has 0 bridgehead atoms. The molecule has 1 aromatic heterocycles. The topological polar surface area (TPSA) is 59.0 Å². The molecule has 2 N–H and O–H groups in total. The Labute approximate surface area is 116 Å². The van der Waals surface area contributed by atoms with E-state index in [9.17, 15) is 4.79 Å². The van der Waals surface area contributed by atoms with Gasteiger partial charge >= 0.3 is 0 Å². The number of hydrogen-bond donors (Lipinski definition) is 2. The summed E-state index contributed by atoms with van der Waals surface area (Å²) in [6, 6.07) is 7.14. The third-order valence-corrected chi connectivity index (χ3v) is 2.85. The summed E-state index contributed by atoms with van der Waals surface area (Å²) in [4.78, 5) is 11.7. The number of amides is 1. The first-order chi connectivity index (χ1) is 9.15. The second kappa shape index (κ2) is 6.36. The zero-order chi connectivity index (χ0) is 13.7. The summed E-state index contributed by atoms with van der Waals surface area (Å²) < 4.78 is 1.72. The lowest BCUT2D eigenvalue weighted by molar-refractivity contribution is -0.115. The van der Waals surface area contributed by atoms with E-state index in [1.54, 1.807) is 23.0 Å². The smallest absolute Gasteiger partial charge is 0.238 e. The number of nitrogens with zero attached hydrogens (tertiary/aromatic N) is 2. The summed E-state index contributed by atoms with van der Waals surface area (Å²) in [6.45, 7) is 0.823. The molecule has 1 aromatic carbocycles. The standard InChI is InChI=1S/C13H15ClN4O/c1-18-9-10(7-16-18)6-15-8-13(19)17-12-5-3-2-4-11(12)14/h2-5,7,9,15H,6,8H2,1H3,(H,17,19). The van der Waals surface area contributed by atoms with Crippen LogP contribution in [0.15, 0.2) is 36.7 Å². The molecule has 2 aromatic rings. The van der Waals surface area contributed by atoms with Gasteiger partial charge in [-0.2, -0.15) is 5.10 Å². The van der Waals surface area contributed by atoms with Crippen molar-refractivity contribution >= 4 is 23.2 Å². The second-order valence-electron chi connectivity index (χ2n) is 4.15. The van der Waals surface area contributed by atoms with E-state index in [1.165, 1.54) is 0 Å². The van der Waals surface area contributed by atoms with Crippen molar-refractivity contribution in [2.45, 2.75) is 6.54 Å². The lowest BCUT2D eigenvalue weighted by atomic mass is 10.3. The van der Waals surface area contributed by atoms with E-state index in [0.29, 0.717) is 17.3 Å². The first-order valence-corrected chi connectivity index (χ1v) is 6.25. The Morgan fingerprint density at radius 2 is 2.21 bits per heavy atom. The minimum atomic E-state index is -0.128. The molecule has 0 saturated carbocycles. The first kappa shape index (κ1) is 13.6. The number of hydrogen-bond acceptors (Lipinski definition) is 3. The van der Waals surface area contributed by atoms with Gasteiger partial charge in [0.05, 0.1) is 23.5 Å². The highest BCUT2D eigenvalue weighted by atomic mass is 35.5. The number of nitrogens with one attached hydrogen (secondary N) is 2. The molecule has 0 radical (unpaired) electrons. The predicted molar refractivity (Wildman–Crippen MR) is 75.0 cm³/mol. The minimum absolute atomic E-state index is 0.128. The molecule has 0 saturated heterocycles. The molecule has 0 atom stereocenters. The Bertz CT molecular complexity index is 567. The molecular formula is C13H15ClN4O. The lowest BCUT2D eigenvalue weighted by Crippen LogP contribution is -2.27. The van der Waals surface area contributed by atoms with Crippen LogP contribution < -0.4 is 10.6 Å². The zero-order valence-electron chi connectivity index (χ0n) is 10.6. The van der Waals surface area contributed by atoms with Gasteiger partial charge in [-0.3, -0.25) is 9.48 Å². The van der Waals surface area contributed by atoms with Gasteiger partial charge in [-0.25, -0.2) is 0 Å². The Hall–Kier alpha value is -1.85. The maximum atomic E-state index is 11.7. The van der Waals surface area contributed by atoms with Crippen molar-refractivity contribution in [1.29, 1.82) is 0 Å². The fourth-order valence-corrected chi connectivity index (χ4v) is 1.82. The van der Waals surface area contributed by atoms with E-state index in [0.717, 1.165) is 5.56 Å². The number of aromatic nitrogens is 2. The van der Waals surface area contributed by atoms with Gasteiger partial charge in [0.15, 0.2) is 0 Å². The van der Waals surface area contributed by atoms with E-state index >= 15 is 0 Å². The average Bonchev–Trinajstić information content (AvgIpc) is 2.78. The van der Waals surface area contributed by atoms with Crippen LogP contribution >= 0.6 is 11.6 Å². The molecule has 0 aliphatic rings. The van der Waals surface area contributed by atoms with Crippen LogP contribution in [0.2, 0.25) is 5.02 Å². The second-order valence-corrected chi connectivity index (χ2v) is 4.56. The number of carbonyl (C=O) groups is 1. The summed E-state index contributed by atoms with van der Waals surface area (Å²) in [6.07, 6.45) is 3.66. The van der Waals surface area contributed by atoms with Crippen molar-refractivity contribution in [1.82, 2.24) is 15.1 Å². The number of benzene rings is 1. The van der Waals surface area contributed by atoms with Gasteiger partial charge in [0, 0.05) is 25.4 Å². The number of rotatable bonds is 5. The molecule has 0 aliphatic carbocycles. The van der Waals surface area contributed by atoms with Gasteiger partial charge in [0.1, 0.15) is 0 Å². The van der Waals surface area contributed by atoms with Crippen LogP contribution in [0.3, 0.4) is 0 Å². The minimum Gasteiger partial charge on any atom is -0.324 e. The molecular weight excluding hydrogens is 264 g/mol. The summed E-state index contributed by atoms with van der Waals surface area (Å²) in [5.41, 5.74) is 1.66. The van der Waals surface area contributed by atoms with E-state index in [-0.39, 0.29) is 12.5 Å².